The maximum absolute atomic E-state index is 12.0. The average molecular weight is 381 g/mol. The Morgan fingerprint density at radius 2 is 2.08 bits per heavy atom. The normalized spacial score (nSPS) is 25.0. The molecule has 0 aromatic rings. The van der Waals surface area contributed by atoms with Gasteiger partial charge in [-0.2, -0.15) is 11.8 Å². The largest absolute Gasteiger partial charge is 0.356 e. The second kappa shape index (κ2) is 9.34. The van der Waals surface area contributed by atoms with E-state index in [0.29, 0.717) is 16.7 Å². The van der Waals surface area contributed by atoms with E-state index in [4.69, 9.17) is 0 Å². The summed E-state index contributed by atoms with van der Waals surface area (Å²) in [5, 5.41) is 3.59. The molecule has 2 aliphatic heterocycles. The number of likely N-dealkylation sites (tertiary alicyclic amines) is 1. The van der Waals surface area contributed by atoms with Crippen LogP contribution < -0.4 is 5.32 Å². The molecule has 148 valence electrons. The van der Waals surface area contributed by atoms with Gasteiger partial charge in [-0.05, 0) is 32.1 Å². The van der Waals surface area contributed by atoms with E-state index < -0.39 is 0 Å². The van der Waals surface area contributed by atoms with Crippen LogP contribution in [0, 0.1) is 0 Å². The molecule has 1 N–H and O–H groups in total. The van der Waals surface area contributed by atoms with Crippen LogP contribution in [0.15, 0.2) is 4.99 Å². The van der Waals surface area contributed by atoms with Gasteiger partial charge in [0.1, 0.15) is 0 Å². The van der Waals surface area contributed by atoms with Crippen LogP contribution in [0.5, 0.6) is 0 Å². The number of nitrogens with zero attached hydrogens (tertiary/aromatic N) is 3. The molecule has 3 fully saturated rings. The Morgan fingerprint density at radius 1 is 1.27 bits per heavy atom. The van der Waals surface area contributed by atoms with Gasteiger partial charge in [-0.3, -0.25) is 9.79 Å². The van der Waals surface area contributed by atoms with Crippen LogP contribution in [0.4, 0.5) is 0 Å². The zero-order valence-corrected chi connectivity index (χ0v) is 17.5. The fourth-order valence-electron chi connectivity index (χ4n) is 4.84. The SMILES string of the molecule is CCC(CCNC(=NC)N1CCSC2(CCCCC2)C1)N1CCCC1=O. The van der Waals surface area contributed by atoms with Gasteiger partial charge in [0.2, 0.25) is 5.91 Å². The number of hydrogen-bond acceptors (Lipinski definition) is 3. The number of aliphatic imine (C=N–C) groups is 1. The summed E-state index contributed by atoms with van der Waals surface area (Å²) in [4.78, 5) is 21.2. The molecule has 0 bridgehead atoms. The fourth-order valence-corrected chi connectivity index (χ4v) is 6.41. The van der Waals surface area contributed by atoms with Crippen LogP contribution in [0.2, 0.25) is 0 Å². The van der Waals surface area contributed by atoms with Gasteiger partial charge in [0, 0.05) is 56.2 Å². The number of hydrogen-bond donors (Lipinski definition) is 1. The van der Waals surface area contributed by atoms with Crippen molar-refractivity contribution in [1.82, 2.24) is 15.1 Å². The van der Waals surface area contributed by atoms with Gasteiger partial charge < -0.3 is 15.1 Å². The van der Waals surface area contributed by atoms with Crippen LogP contribution in [0.1, 0.15) is 64.7 Å². The highest BCUT2D eigenvalue weighted by molar-refractivity contribution is 8.00. The van der Waals surface area contributed by atoms with E-state index in [-0.39, 0.29) is 0 Å². The minimum absolute atomic E-state index is 0.341. The van der Waals surface area contributed by atoms with E-state index in [9.17, 15) is 4.79 Å². The Morgan fingerprint density at radius 3 is 2.73 bits per heavy atom. The summed E-state index contributed by atoms with van der Waals surface area (Å²) in [6, 6.07) is 0.372. The van der Waals surface area contributed by atoms with Gasteiger partial charge in [-0.1, -0.05) is 26.2 Å². The molecule has 1 amide bonds. The highest BCUT2D eigenvalue weighted by Gasteiger charge is 2.38. The molecular weight excluding hydrogens is 344 g/mol. The van der Waals surface area contributed by atoms with Crippen LogP contribution in [-0.4, -0.2) is 71.4 Å². The van der Waals surface area contributed by atoms with Crippen LogP contribution in [0.25, 0.3) is 0 Å². The Hall–Kier alpha value is -0.910. The van der Waals surface area contributed by atoms with Gasteiger partial charge in [0.15, 0.2) is 5.96 Å². The van der Waals surface area contributed by atoms with Crippen molar-refractivity contribution in [2.24, 2.45) is 4.99 Å². The van der Waals surface area contributed by atoms with Crippen molar-refractivity contribution in [3.63, 3.8) is 0 Å². The van der Waals surface area contributed by atoms with Gasteiger partial charge in [0.25, 0.3) is 0 Å². The quantitative estimate of drug-likeness (QED) is 0.588. The number of carbonyl (C=O) groups is 1. The lowest BCUT2D eigenvalue weighted by molar-refractivity contribution is -0.129. The zero-order valence-electron chi connectivity index (χ0n) is 16.6. The number of carbonyl (C=O) groups excluding carboxylic acids is 1. The molecule has 0 aromatic carbocycles. The Bertz CT molecular complexity index is 499. The van der Waals surface area contributed by atoms with Crippen LogP contribution in [-0.2, 0) is 4.79 Å². The molecule has 1 aliphatic carbocycles. The number of guanidine groups is 1. The predicted molar refractivity (Wildman–Crippen MR) is 111 cm³/mol. The van der Waals surface area contributed by atoms with E-state index in [1.807, 2.05) is 7.05 Å². The summed E-state index contributed by atoms with van der Waals surface area (Å²) < 4.78 is 0.460. The first-order valence-electron chi connectivity index (χ1n) is 10.6. The van der Waals surface area contributed by atoms with E-state index in [2.05, 4.69) is 38.8 Å². The van der Waals surface area contributed by atoms with Crippen molar-refractivity contribution in [3.05, 3.63) is 0 Å². The molecule has 1 spiro atoms. The summed E-state index contributed by atoms with van der Waals surface area (Å²) in [7, 11) is 1.90. The van der Waals surface area contributed by atoms with Gasteiger partial charge >= 0.3 is 0 Å². The molecule has 6 heteroatoms. The second-order valence-corrected chi connectivity index (χ2v) is 9.59. The first-order chi connectivity index (χ1) is 12.7. The average Bonchev–Trinajstić information content (AvgIpc) is 3.08. The Balaban J connectivity index is 1.50. The van der Waals surface area contributed by atoms with Gasteiger partial charge in [-0.25, -0.2) is 0 Å². The van der Waals surface area contributed by atoms with Crippen molar-refractivity contribution in [2.75, 3.05) is 39.0 Å². The highest BCUT2D eigenvalue weighted by Crippen LogP contribution is 2.42. The first-order valence-corrected chi connectivity index (χ1v) is 11.5. The summed E-state index contributed by atoms with van der Waals surface area (Å²) in [6.45, 7) is 6.26. The van der Waals surface area contributed by atoms with Gasteiger partial charge in [0.05, 0.1) is 0 Å². The number of amides is 1. The summed E-state index contributed by atoms with van der Waals surface area (Å²) in [5.74, 6) is 2.60. The summed E-state index contributed by atoms with van der Waals surface area (Å²) in [6.07, 6.45) is 10.7. The zero-order chi connectivity index (χ0) is 18.4. The van der Waals surface area contributed by atoms with E-state index in [1.54, 1.807) is 0 Å². The molecule has 2 saturated heterocycles. The molecule has 2 heterocycles. The minimum atomic E-state index is 0.341. The molecular formula is C20H36N4OS. The van der Waals surface area contributed by atoms with Crippen molar-refractivity contribution in [3.8, 4) is 0 Å². The minimum Gasteiger partial charge on any atom is -0.356 e. The molecule has 3 aliphatic rings. The van der Waals surface area contributed by atoms with E-state index >= 15 is 0 Å². The molecule has 3 rings (SSSR count). The van der Waals surface area contributed by atoms with E-state index in [1.165, 1.54) is 37.9 Å². The fraction of sp³-hybridized carbons (Fsp3) is 0.900. The third-order valence-electron chi connectivity index (χ3n) is 6.31. The third kappa shape index (κ3) is 4.68. The van der Waals surface area contributed by atoms with Crippen molar-refractivity contribution < 1.29 is 4.79 Å². The van der Waals surface area contributed by atoms with Crippen LogP contribution >= 0.6 is 11.8 Å². The summed E-state index contributed by atoms with van der Waals surface area (Å²) in [5.41, 5.74) is 0. The molecule has 26 heavy (non-hydrogen) atoms. The molecule has 1 atom stereocenters. The van der Waals surface area contributed by atoms with Crippen LogP contribution in [0.3, 0.4) is 0 Å². The van der Waals surface area contributed by atoms with E-state index in [0.717, 1.165) is 57.8 Å². The third-order valence-corrected chi connectivity index (χ3v) is 7.84. The van der Waals surface area contributed by atoms with Crippen molar-refractivity contribution >= 4 is 23.6 Å². The maximum atomic E-state index is 12.0. The molecule has 0 radical (unpaired) electrons. The smallest absolute Gasteiger partial charge is 0.222 e. The topological polar surface area (TPSA) is 47.9 Å². The van der Waals surface area contributed by atoms with Crippen molar-refractivity contribution in [2.45, 2.75) is 75.5 Å². The lowest BCUT2D eigenvalue weighted by Crippen LogP contribution is -2.53. The maximum Gasteiger partial charge on any atom is 0.222 e. The lowest BCUT2D eigenvalue weighted by atomic mass is 9.87. The van der Waals surface area contributed by atoms with Crippen molar-refractivity contribution in [1.29, 1.82) is 0 Å². The molecule has 1 unspecified atom stereocenters. The lowest BCUT2D eigenvalue weighted by Gasteiger charge is -2.45. The Labute approximate surface area is 163 Å². The molecule has 1 saturated carbocycles. The second-order valence-electron chi connectivity index (χ2n) is 8.03. The number of thioether (sulfide) groups is 1. The highest BCUT2D eigenvalue weighted by atomic mass is 32.2. The summed E-state index contributed by atoms with van der Waals surface area (Å²) >= 11 is 2.20. The molecule has 0 aromatic heterocycles. The monoisotopic (exact) mass is 380 g/mol. The predicted octanol–water partition coefficient (Wildman–Crippen LogP) is 3.10. The number of rotatable bonds is 5. The first kappa shape index (κ1) is 19.8. The standard InChI is InChI=1S/C20H36N4OS/c1-3-17(24-13-7-8-18(24)25)9-12-22-19(21-2)23-14-15-26-20(16-23)10-5-4-6-11-20/h17H,3-16H2,1-2H3,(H,21,22). The number of nitrogens with one attached hydrogen (secondary N) is 1. The Kier molecular flexibility index (Phi) is 7.12. The molecule has 5 nitrogen and oxygen atoms in total. The van der Waals surface area contributed by atoms with Gasteiger partial charge in [-0.15, -0.1) is 0 Å².